The zero-order valence-corrected chi connectivity index (χ0v) is 16.4. The summed E-state index contributed by atoms with van der Waals surface area (Å²) in [7, 11) is 0. The van der Waals surface area contributed by atoms with Crippen molar-refractivity contribution in [2.45, 2.75) is 19.8 Å². The van der Waals surface area contributed by atoms with E-state index in [2.05, 4.69) is 65.0 Å². The number of thioether (sulfide) groups is 1. The van der Waals surface area contributed by atoms with Gasteiger partial charge in [0.2, 0.25) is 0 Å². The Morgan fingerprint density at radius 3 is 2.85 bits per heavy atom. The van der Waals surface area contributed by atoms with Crippen LogP contribution >= 0.6 is 23.1 Å². The highest BCUT2D eigenvalue weighted by molar-refractivity contribution is 8.13. The molecule has 0 unspecified atom stereocenters. The van der Waals surface area contributed by atoms with Crippen LogP contribution in [0.5, 0.6) is 0 Å². The molecule has 2 aromatic carbocycles. The number of amidine groups is 1. The van der Waals surface area contributed by atoms with Crippen LogP contribution in [0.3, 0.4) is 0 Å². The van der Waals surface area contributed by atoms with Gasteiger partial charge in [-0.1, -0.05) is 47.4 Å². The van der Waals surface area contributed by atoms with Gasteiger partial charge in [0, 0.05) is 18.8 Å². The summed E-state index contributed by atoms with van der Waals surface area (Å²) in [5.41, 5.74) is 4.66. The third kappa shape index (κ3) is 4.19. The first-order valence-corrected chi connectivity index (χ1v) is 10.7. The number of hydrogen-bond acceptors (Lipinski definition) is 5. The second-order valence-corrected chi connectivity index (χ2v) is 8.44. The van der Waals surface area contributed by atoms with Crippen LogP contribution in [0.25, 0.3) is 10.2 Å². The Morgan fingerprint density at radius 1 is 1.19 bits per heavy atom. The number of nitrogens with one attached hydrogen (secondary N) is 2. The van der Waals surface area contributed by atoms with Gasteiger partial charge in [-0.15, -0.1) is 0 Å². The fourth-order valence-corrected chi connectivity index (χ4v) is 4.71. The number of aromatic nitrogens is 1. The minimum Gasteiger partial charge on any atom is -0.365 e. The normalized spacial score (nSPS) is 16.0. The highest BCUT2D eigenvalue weighted by Gasteiger charge is 2.07. The van der Waals surface area contributed by atoms with Crippen molar-refractivity contribution in [1.29, 1.82) is 0 Å². The van der Waals surface area contributed by atoms with E-state index >= 15 is 0 Å². The monoisotopic (exact) mass is 382 g/mol. The topological polar surface area (TPSA) is 49.3 Å². The Labute approximate surface area is 162 Å². The third-order valence-corrected chi connectivity index (χ3v) is 6.29. The zero-order chi connectivity index (χ0) is 17.8. The maximum absolute atomic E-state index is 4.70. The molecular weight excluding hydrogens is 360 g/mol. The van der Waals surface area contributed by atoms with Crippen LogP contribution in [0, 0.1) is 6.92 Å². The Kier molecular flexibility index (Phi) is 5.41. The Bertz CT molecular complexity index is 907. The molecule has 4 nitrogen and oxygen atoms in total. The maximum atomic E-state index is 4.70. The van der Waals surface area contributed by atoms with Crippen molar-refractivity contribution in [3.05, 3.63) is 53.6 Å². The molecule has 0 bridgehead atoms. The van der Waals surface area contributed by atoms with Gasteiger partial charge < -0.3 is 10.6 Å². The summed E-state index contributed by atoms with van der Waals surface area (Å²) < 4.78 is 1.24. The number of para-hydroxylation sites is 1. The summed E-state index contributed by atoms with van der Waals surface area (Å²) in [6.45, 7) is 4.02. The first-order valence-electron chi connectivity index (χ1n) is 8.92. The molecule has 0 atom stereocenters. The predicted octanol–water partition coefficient (Wildman–Crippen LogP) is 4.97. The molecule has 3 aromatic rings. The van der Waals surface area contributed by atoms with Crippen molar-refractivity contribution >= 4 is 49.3 Å². The van der Waals surface area contributed by atoms with Gasteiger partial charge in [0.1, 0.15) is 0 Å². The first kappa shape index (κ1) is 17.4. The fourth-order valence-electron chi connectivity index (χ4n) is 2.89. The van der Waals surface area contributed by atoms with Crippen LogP contribution in [0.1, 0.15) is 17.5 Å². The van der Waals surface area contributed by atoms with E-state index in [4.69, 9.17) is 4.98 Å². The summed E-state index contributed by atoms with van der Waals surface area (Å²) >= 11 is 3.52. The van der Waals surface area contributed by atoms with E-state index < -0.39 is 0 Å². The molecule has 0 saturated carbocycles. The average Bonchev–Trinajstić information content (AvgIpc) is 3.09. The summed E-state index contributed by atoms with van der Waals surface area (Å²) in [5.74, 6) is 1.15. The Morgan fingerprint density at radius 2 is 2.08 bits per heavy atom. The molecule has 0 spiro atoms. The van der Waals surface area contributed by atoms with Gasteiger partial charge in [0.15, 0.2) is 10.3 Å². The number of aliphatic imine (C=N–C) groups is 1. The minimum atomic E-state index is 0.879. The van der Waals surface area contributed by atoms with Crippen molar-refractivity contribution in [2.24, 2.45) is 4.99 Å². The SMILES string of the molecule is Cc1cccc2sc(NCCc3ccc(/N=C4/NCCCS4)cc3)nc12. The molecule has 1 aliphatic heterocycles. The number of thiazole rings is 1. The molecule has 4 rings (SSSR count). The van der Waals surface area contributed by atoms with Crippen LogP contribution in [0.2, 0.25) is 0 Å². The van der Waals surface area contributed by atoms with Crippen LogP contribution in [0.4, 0.5) is 10.8 Å². The van der Waals surface area contributed by atoms with Crippen LogP contribution < -0.4 is 10.6 Å². The lowest BCUT2D eigenvalue weighted by molar-refractivity contribution is 0.844. The predicted molar refractivity (Wildman–Crippen MR) is 115 cm³/mol. The Hall–Kier alpha value is -2.05. The summed E-state index contributed by atoms with van der Waals surface area (Å²) in [6.07, 6.45) is 2.18. The van der Waals surface area contributed by atoms with Gasteiger partial charge in [-0.25, -0.2) is 9.98 Å². The second kappa shape index (κ2) is 8.10. The number of nitrogens with zero attached hydrogens (tertiary/aromatic N) is 2. The summed E-state index contributed by atoms with van der Waals surface area (Å²) in [5, 5.41) is 8.84. The van der Waals surface area contributed by atoms with Crippen molar-refractivity contribution in [3.63, 3.8) is 0 Å². The second-order valence-electron chi connectivity index (χ2n) is 6.33. The van der Waals surface area contributed by atoms with Gasteiger partial charge in [-0.3, -0.25) is 0 Å². The number of rotatable bonds is 5. The number of anilines is 1. The molecule has 26 heavy (non-hydrogen) atoms. The van der Waals surface area contributed by atoms with Gasteiger partial charge in [0.25, 0.3) is 0 Å². The standard InChI is InChI=1S/C20H22N4S2/c1-14-4-2-5-17-18(14)24-20(26-17)22-12-10-15-6-8-16(9-7-15)23-19-21-11-3-13-25-19/h2,4-9H,3,10-13H2,1H3,(H,21,23)(H,22,24). The van der Waals surface area contributed by atoms with E-state index in [9.17, 15) is 0 Å². The van der Waals surface area contributed by atoms with Crippen molar-refractivity contribution in [1.82, 2.24) is 10.3 Å². The highest BCUT2D eigenvalue weighted by Crippen LogP contribution is 2.27. The molecule has 2 heterocycles. The van der Waals surface area contributed by atoms with Gasteiger partial charge in [0.05, 0.1) is 15.9 Å². The van der Waals surface area contributed by atoms with Crippen LogP contribution in [-0.4, -0.2) is 29.0 Å². The molecule has 1 fully saturated rings. The highest BCUT2D eigenvalue weighted by atomic mass is 32.2. The van der Waals surface area contributed by atoms with Crippen molar-refractivity contribution < 1.29 is 0 Å². The van der Waals surface area contributed by atoms with E-state index in [0.717, 1.165) is 46.8 Å². The molecule has 0 amide bonds. The molecular formula is C20H22N4S2. The molecule has 0 radical (unpaired) electrons. The van der Waals surface area contributed by atoms with Gasteiger partial charge in [-0.2, -0.15) is 0 Å². The van der Waals surface area contributed by atoms with Crippen molar-refractivity contribution in [3.8, 4) is 0 Å². The van der Waals surface area contributed by atoms with E-state index in [0.29, 0.717) is 0 Å². The first-order chi connectivity index (χ1) is 12.8. The zero-order valence-electron chi connectivity index (χ0n) is 14.8. The average molecular weight is 383 g/mol. The molecule has 1 aromatic heterocycles. The number of fused-ring (bicyclic) bond motifs is 1. The quantitative estimate of drug-likeness (QED) is 0.654. The van der Waals surface area contributed by atoms with Gasteiger partial charge >= 0.3 is 0 Å². The summed E-state index contributed by atoms with van der Waals surface area (Å²) in [6, 6.07) is 14.9. The van der Waals surface area contributed by atoms with E-state index in [1.165, 1.54) is 22.2 Å². The lowest BCUT2D eigenvalue weighted by Crippen LogP contribution is -2.26. The lowest BCUT2D eigenvalue weighted by atomic mass is 10.1. The molecule has 1 aliphatic rings. The number of aryl methyl sites for hydroxylation is 1. The molecule has 1 saturated heterocycles. The van der Waals surface area contributed by atoms with Gasteiger partial charge in [-0.05, 0) is 49.1 Å². The van der Waals surface area contributed by atoms with E-state index in [-0.39, 0.29) is 0 Å². The molecule has 2 N–H and O–H groups in total. The molecule has 134 valence electrons. The third-order valence-electron chi connectivity index (χ3n) is 4.31. The van der Waals surface area contributed by atoms with E-state index in [1.54, 1.807) is 23.1 Å². The number of benzene rings is 2. The Balaban J connectivity index is 1.33. The maximum Gasteiger partial charge on any atom is 0.183 e. The summed E-state index contributed by atoms with van der Waals surface area (Å²) in [4.78, 5) is 9.37. The lowest BCUT2D eigenvalue weighted by Gasteiger charge is -2.14. The minimum absolute atomic E-state index is 0.879. The molecule has 0 aliphatic carbocycles. The van der Waals surface area contributed by atoms with Crippen LogP contribution in [0.15, 0.2) is 47.5 Å². The smallest absolute Gasteiger partial charge is 0.183 e. The van der Waals surface area contributed by atoms with Crippen molar-refractivity contribution in [2.75, 3.05) is 24.2 Å². The number of hydrogen-bond donors (Lipinski definition) is 2. The largest absolute Gasteiger partial charge is 0.365 e. The molecule has 6 heteroatoms. The van der Waals surface area contributed by atoms with Crippen LogP contribution in [-0.2, 0) is 6.42 Å². The fraction of sp³-hybridized carbons (Fsp3) is 0.300. The van der Waals surface area contributed by atoms with E-state index in [1.807, 2.05) is 0 Å².